The zero-order chi connectivity index (χ0) is 15.5. The van der Waals surface area contributed by atoms with Crippen molar-refractivity contribution in [2.75, 3.05) is 20.6 Å². The van der Waals surface area contributed by atoms with E-state index >= 15 is 0 Å². The molecule has 0 aromatic heterocycles. The van der Waals surface area contributed by atoms with E-state index in [1.807, 2.05) is 0 Å². The average molecular weight is 292 g/mol. The Balaban J connectivity index is 1.98. The summed E-state index contributed by atoms with van der Waals surface area (Å²) in [5, 5.41) is 0. The third kappa shape index (κ3) is 3.28. The van der Waals surface area contributed by atoms with E-state index in [-0.39, 0.29) is 0 Å². The van der Waals surface area contributed by atoms with Gasteiger partial charge in [0.05, 0.1) is 11.8 Å². The van der Waals surface area contributed by atoms with Crippen molar-refractivity contribution >= 4 is 5.71 Å². The van der Waals surface area contributed by atoms with Crippen LogP contribution in [-0.2, 0) is 6.42 Å². The Morgan fingerprint density at radius 2 is 1.91 bits per heavy atom. The molecule has 0 bridgehead atoms. The first-order valence-electron chi connectivity index (χ1n) is 8.01. The smallest absolute Gasteiger partial charge is 0.0725 e. The van der Waals surface area contributed by atoms with E-state index in [0.29, 0.717) is 6.04 Å². The minimum absolute atomic E-state index is 0.382. The molecule has 0 saturated carbocycles. The zero-order valence-electron chi connectivity index (χ0n) is 13.7. The van der Waals surface area contributed by atoms with Gasteiger partial charge in [0.2, 0.25) is 0 Å². The molecule has 114 valence electrons. The molecule has 0 aliphatic carbocycles. The van der Waals surface area contributed by atoms with Crippen LogP contribution in [0.4, 0.5) is 0 Å². The highest BCUT2D eigenvalue weighted by molar-refractivity contribution is 6.14. The maximum atomic E-state index is 5.10. The molecule has 2 aromatic rings. The monoisotopic (exact) mass is 292 g/mol. The van der Waals surface area contributed by atoms with Gasteiger partial charge in [0.15, 0.2) is 0 Å². The Morgan fingerprint density at radius 1 is 1.09 bits per heavy atom. The lowest BCUT2D eigenvalue weighted by molar-refractivity contribution is 0.379. The molecule has 0 N–H and O–H groups in total. The van der Waals surface area contributed by atoms with Crippen molar-refractivity contribution in [1.82, 2.24) is 4.90 Å². The third-order valence-corrected chi connectivity index (χ3v) is 4.24. The molecule has 0 saturated heterocycles. The summed E-state index contributed by atoms with van der Waals surface area (Å²) in [6.45, 7) is 3.22. The van der Waals surface area contributed by atoms with E-state index in [0.717, 1.165) is 25.1 Å². The Bertz CT molecular complexity index is 686. The van der Waals surface area contributed by atoms with Crippen LogP contribution in [0.25, 0.3) is 0 Å². The molecule has 1 aliphatic heterocycles. The summed E-state index contributed by atoms with van der Waals surface area (Å²) in [4.78, 5) is 7.33. The number of hydrogen-bond donors (Lipinski definition) is 0. The fourth-order valence-electron chi connectivity index (χ4n) is 3.08. The molecule has 0 amide bonds. The van der Waals surface area contributed by atoms with Gasteiger partial charge in [-0.05, 0) is 52.0 Å². The summed E-state index contributed by atoms with van der Waals surface area (Å²) in [6.07, 6.45) is 2.16. The SMILES string of the molecule is Cc1cccc(C2=NC(CCN(C)C)Cc3ccccc32)c1. The minimum Gasteiger partial charge on any atom is -0.309 e. The number of aryl methyl sites for hydroxylation is 1. The highest BCUT2D eigenvalue weighted by atomic mass is 15.1. The van der Waals surface area contributed by atoms with Gasteiger partial charge in [-0.15, -0.1) is 0 Å². The van der Waals surface area contributed by atoms with E-state index in [1.165, 1.54) is 22.3 Å². The first-order chi connectivity index (χ1) is 10.6. The van der Waals surface area contributed by atoms with Crippen LogP contribution in [0.1, 0.15) is 28.7 Å². The minimum atomic E-state index is 0.382. The number of aliphatic imine (C=N–C) groups is 1. The Kier molecular flexibility index (Phi) is 4.39. The maximum absolute atomic E-state index is 5.10. The number of benzene rings is 2. The Morgan fingerprint density at radius 3 is 2.68 bits per heavy atom. The number of fused-ring (bicyclic) bond motifs is 1. The molecular weight excluding hydrogens is 268 g/mol. The first kappa shape index (κ1) is 15.0. The fourth-order valence-corrected chi connectivity index (χ4v) is 3.08. The summed E-state index contributed by atoms with van der Waals surface area (Å²) >= 11 is 0. The van der Waals surface area contributed by atoms with Crippen molar-refractivity contribution < 1.29 is 0 Å². The highest BCUT2D eigenvalue weighted by Crippen LogP contribution is 2.25. The lowest BCUT2D eigenvalue weighted by Crippen LogP contribution is -2.25. The van der Waals surface area contributed by atoms with Crippen LogP contribution >= 0.6 is 0 Å². The van der Waals surface area contributed by atoms with Crippen molar-refractivity contribution in [2.24, 2.45) is 4.99 Å². The molecular formula is C20H24N2. The second-order valence-electron chi connectivity index (χ2n) is 6.45. The summed E-state index contributed by atoms with van der Waals surface area (Å²) in [5.74, 6) is 0. The fraction of sp³-hybridized carbons (Fsp3) is 0.350. The van der Waals surface area contributed by atoms with Gasteiger partial charge >= 0.3 is 0 Å². The largest absolute Gasteiger partial charge is 0.309 e. The van der Waals surface area contributed by atoms with Gasteiger partial charge in [-0.2, -0.15) is 0 Å². The van der Waals surface area contributed by atoms with Crippen molar-refractivity contribution in [1.29, 1.82) is 0 Å². The highest BCUT2D eigenvalue weighted by Gasteiger charge is 2.21. The predicted molar refractivity (Wildman–Crippen MR) is 93.9 cm³/mol. The number of rotatable bonds is 4. The molecule has 0 fully saturated rings. The van der Waals surface area contributed by atoms with Crippen LogP contribution in [0.2, 0.25) is 0 Å². The molecule has 22 heavy (non-hydrogen) atoms. The van der Waals surface area contributed by atoms with Gasteiger partial charge < -0.3 is 4.90 Å². The molecule has 2 nitrogen and oxygen atoms in total. The van der Waals surface area contributed by atoms with Crippen LogP contribution < -0.4 is 0 Å². The predicted octanol–water partition coefficient (Wildman–Crippen LogP) is 3.71. The molecule has 0 radical (unpaired) electrons. The topological polar surface area (TPSA) is 15.6 Å². The van der Waals surface area contributed by atoms with Gasteiger partial charge in [0.25, 0.3) is 0 Å². The van der Waals surface area contributed by atoms with E-state index in [4.69, 9.17) is 4.99 Å². The third-order valence-electron chi connectivity index (χ3n) is 4.24. The quantitative estimate of drug-likeness (QED) is 0.839. The van der Waals surface area contributed by atoms with Crippen LogP contribution in [0, 0.1) is 6.92 Å². The molecule has 1 heterocycles. The second kappa shape index (κ2) is 6.45. The maximum Gasteiger partial charge on any atom is 0.0725 e. The van der Waals surface area contributed by atoms with E-state index in [2.05, 4.69) is 74.4 Å². The van der Waals surface area contributed by atoms with Crippen molar-refractivity contribution in [3.63, 3.8) is 0 Å². The number of hydrogen-bond acceptors (Lipinski definition) is 2. The normalized spacial score (nSPS) is 17.3. The van der Waals surface area contributed by atoms with Crippen LogP contribution in [0.5, 0.6) is 0 Å². The van der Waals surface area contributed by atoms with Crippen molar-refractivity contribution in [2.45, 2.75) is 25.8 Å². The Hall–Kier alpha value is -1.93. The van der Waals surface area contributed by atoms with Crippen LogP contribution in [0.15, 0.2) is 53.5 Å². The van der Waals surface area contributed by atoms with Gasteiger partial charge in [0, 0.05) is 11.1 Å². The summed E-state index contributed by atoms with van der Waals surface area (Å²) in [7, 11) is 4.25. The van der Waals surface area contributed by atoms with Crippen molar-refractivity contribution in [3.8, 4) is 0 Å². The molecule has 1 atom stereocenters. The Labute approximate surface area is 133 Å². The van der Waals surface area contributed by atoms with Crippen molar-refractivity contribution in [3.05, 3.63) is 70.8 Å². The van der Waals surface area contributed by atoms with Gasteiger partial charge in [-0.1, -0.05) is 48.0 Å². The molecule has 2 heteroatoms. The molecule has 3 rings (SSSR count). The van der Waals surface area contributed by atoms with Gasteiger partial charge in [-0.3, -0.25) is 4.99 Å². The standard InChI is InChI=1S/C20H24N2/c1-15-7-6-9-17(13-15)20-19-10-5-4-8-16(19)14-18(21-20)11-12-22(2)3/h4-10,13,18H,11-12,14H2,1-3H3. The molecule has 2 aromatic carbocycles. The van der Waals surface area contributed by atoms with E-state index < -0.39 is 0 Å². The van der Waals surface area contributed by atoms with E-state index in [9.17, 15) is 0 Å². The second-order valence-corrected chi connectivity index (χ2v) is 6.45. The average Bonchev–Trinajstić information content (AvgIpc) is 2.52. The molecule has 1 aliphatic rings. The van der Waals surface area contributed by atoms with E-state index in [1.54, 1.807) is 0 Å². The lowest BCUT2D eigenvalue weighted by atomic mass is 9.89. The van der Waals surface area contributed by atoms with Crippen LogP contribution in [-0.4, -0.2) is 37.3 Å². The summed E-state index contributed by atoms with van der Waals surface area (Å²) in [6, 6.07) is 17.8. The molecule has 1 unspecified atom stereocenters. The first-order valence-corrected chi connectivity index (χ1v) is 8.01. The van der Waals surface area contributed by atoms with Gasteiger partial charge in [-0.25, -0.2) is 0 Å². The summed E-state index contributed by atoms with van der Waals surface area (Å²) < 4.78 is 0. The number of nitrogens with zero attached hydrogens (tertiary/aromatic N) is 2. The molecule has 0 spiro atoms. The lowest BCUT2D eigenvalue weighted by Gasteiger charge is -2.25. The van der Waals surface area contributed by atoms with Gasteiger partial charge in [0.1, 0.15) is 0 Å². The van der Waals surface area contributed by atoms with Crippen LogP contribution in [0.3, 0.4) is 0 Å². The zero-order valence-corrected chi connectivity index (χ0v) is 13.7. The summed E-state index contributed by atoms with van der Waals surface area (Å²) in [5.41, 5.74) is 6.41.